The molecule has 0 spiro atoms. The predicted octanol–water partition coefficient (Wildman–Crippen LogP) is 2.64. The van der Waals surface area contributed by atoms with Crippen LogP contribution in [0.2, 0.25) is 0 Å². The SMILES string of the molecule is O=C(NCc1ccc(S(=O)(=O)N2CCOCC2)s1)c1cc2c(s1)CCCC2. The number of carbonyl (C=O) groups excluding carboxylic acids is 1. The van der Waals surface area contributed by atoms with E-state index in [9.17, 15) is 13.2 Å². The topological polar surface area (TPSA) is 75.7 Å². The molecule has 2 aromatic rings. The van der Waals surface area contributed by atoms with Crippen LogP contribution in [-0.4, -0.2) is 44.9 Å². The fourth-order valence-corrected chi connectivity index (χ4v) is 7.39. The van der Waals surface area contributed by atoms with Gasteiger partial charge in [-0.25, -0.2) is 8.42 Å². The van der Waals surface area contributed by atoms with Gasteiger partial charge in [0.2, 0.25) is 0 Å². The second kappa shape index (κ2) is 8.00. The number of rotatable bonds is 5. The molecule has 2 aromatic heterocycles. The van der Waals surface area contributed by atoms with E-state index in [1.54, 1.807) is 23.5 Å². The minimum Gasteiger partial charge on any atom is -0.379 e. The van der Waals surface area contributed by atoms with Crippen molar-refractivity contribution in [3.63, 3.8) is 0 Å². The first-order valence-electron chi connectivity index (χ1n) is 9.10. The predicted molar refractivity (Wildman–Crippen MR) is 106 cm³/mol. The molecule has 1 N–H and O–H groups in total. The number of fused-ring (bicyclic) bond motifs is 1. The Bertz CT molecular complexity index is 903. The van der Waals surface area contributed by atoms with Crippen molar-refractivity contribution in [3.05, 3.63) is 38.4 Å². The van der Waals surface area contributed by atoms with Gasteiger partial charge in [-0.15, -0.1) is 22.7 Å². The molecule has 9 heteroatoms. The first-order valence-corrected chi connectivity index (χ1v) is 12.2. The van der Waals surface area contributed by atoms with Crippen molar-refractivity contribution in [2.24, 2.45) is 0 Å². The van der Waals surface area contributed by atoms with Crippen LogP contribution in [-0.2, 0) is 34.1 Å². The maximum Gasteiger partial charge on any atom is 0.261 e. The molecule has 0 atom stereocenters. The van der Waals surface area contributed by atoms with E-state index >= 15 is 0 Å². The highest BCUT2D eigenvalue weighted by atomic mass is 32.2. The van der Waals surface area contributed by atoms with Crippen LogP contribution in [0.1, 0.15) is 37.8 Å². The Morgan fingerprint density at radius 3 is 2.70 bits per heavy atom. The lowest BCUT2D eigenvalue weighted by atomic mass is 9.99. The van der Waals surface area contributed by atoms with Crippen molar-refractivity contribution in [2.75, 3.05) is 26.3 Å². The summed E-state index contributed by atoms with van der Waals surface area (Å²) in [6, 6.07) is 5.41. The van der Waals surface area contributed by atoms with Gasteiger partial charge >= 0.3 is 0 Å². The highest BCUT2D eigenvalue weighted by molar-refractivity contribution is 7.91. The standard InChI is InChI=1S/C18H22N2O4S3/c21-18(16-11-13-3-1-2-4-15(13)26-16)19-12-14-5-6-17(25-14)27(22,23)20-7-9-24-10-8-20/h5-6,11H,1-4,7-10,12H2,(H,19,21). The van der Waals surface area contributed by atoms with Crippen LogP contribution in [0.15, 0.2) is 22.4 Å². The third kappa shape index (κ3) is 4.12. The van der Waals surface area contributed by atoms with E-state index in [0.29, 0.717) is 37.1 Å². The number of hydrogen-bond acceptors (Lipinski definition) is 6. The average Bonchev–Trinajstić information content (AvgIpc) is 3.34. The lowest BCUT2D eigenvalue weighted by Gasteiger charge is -2.25. The zero-order valence-corrected chi connectivity index (χ0v) is 17.4. The van der Waals surface area contributed by atoms with Gasteiger partial charge in [-0.1, -0.05) is 0 Å². The summed E-state index contributed by atoms with van der Waals surface area (Å²) in [5, 5.41) is 2.92. The Hall–Kier alpha value is -1.26. The summed E-state index contributed by atoms with van der Waals surface area (Å²) in [5.74, 6) is -0.0830. The molecule has 6 nitrogen and oxygen atoms in total. The number of nitrogens with zero attached hydrogens (tertiary/aromatic N) is 1. The molecule has 1 saturated heterocycles. The van der Waals surface area contributed by atoms with E-state index in [1.165, 1.54) is 38.9 Å². The number of nitrogens with one attached hydrogen (secondary N) is 1. The number of carbonyl (C=O) groups is 1. The first-order chi connectivity index (χ1) is 13.0. The molecule has 1 fully saturated rings. The maximum atomic E-state index is 12.7. The summed E-state index contributed by atoms with van der Waals surface area (Å²) in [4.78, 5) is 15.4. The Kier molecular flexibility index (Phi) is 5.65. The molecule has 2 aliphatic rings. The van der Waals surface area contributed by atoms with E-state index in [-0.39, 0.29) is 5.91 Å². The van der Waals surface area contributed by atoms with Crippen LogP contribution in [0.5, 0.6) is 0 Å². The van der Waals surface area contributed by atoms with Crippen LogP contribution < -0.4 is 5.32 Å². The number of amides is 1. The average molecular weight is 427 g/mol. The van der Waals surface area contributed by atoms with Gasteiger partial charge in [0.05, 0.1) is 24.6 Å². The van der Waals surface area contributed by atoms with Gasteiger partial charge in [0.15, 0.2) is 0 Å². The molecule has 1 aliphatic heterocycles. The highest BCUT2D eigenvalue weighted by Crippen LogP contribution is 2.30. The summed E-state index contributed by atoms with van der Waals surface area (Å²) in [5.41, 5.74) is 1.31. The number of hydrogen-bond donors (Lipinski definition) is 1. The third-order valence-corrected chi connectivity index (χ3v) is 9.53. The van der Waals surface area contributed by atoms with Crippen molar-refractivity contribution in [3.8, 4) is 0 Å². The van der Waals surface area contributed by atoms with Gasteiger partial charge in [0, 0.05) is 22.8 Å². The van der Waals surface area contributed by atoms with E-state index < -0.39 is 10.0 Å². The van der Waals surface area contributed by atoms with Crippen LogP contribution in [0.3, 0.4) is 0 Å². The number of morpholine rings is 1. The van der Waals surface area contributed by atoms with E-state index in [0.717, 1.165) is 22.6 Å². The molecule has 27 heavy (non-hydrogen) atoms. The molecule has 0 unspecified atom stereocenters. The summed E-state index contributed by atoms with van der Waals surface area (Å²) in [6.45, 7) is 1.96. The molecule has 4 rings (SSSR count). The smallest absolute Gasteiger partial charge is 0.261 e. The van der Waals surface area contributed by atoms with Crippen molar-refractivity contribution in [1.29, 1.82) is 0 Å². The number of sulfonamides is 1. The van der Waals surface area contributed by atoms with Crippen molar-refractivity contribution < 1.29 is 17.9 Å². The summed E-state index contributed by atoms with van der Waals surface area (Å²) in [6.07, 6.45) is 4.53. The van der Waals surface area contributed by atoms with Gasteiger partial charge in [0.1, 0.15) is 4.21 Å². The fraction of sp³-hybridized carbons (Fsp3) is 0.500. The van der Waals surface area contributed by atoms with Gasteiger partial charge in [-0.2, -0.15) is 4.31 Å². The Morgan fingerprint density at radius 2 is 1.93 bits per heavy atom. The normalized spacial score (nSPS) is 18.2. The van der Waals surface area contributed by atoms with Crippen LogP contribution in [0, 0.1) is 0 Å². The van der Waals surface area contributed by atoms with Gasteiger partial charge in [-0.05, 0) is 49.4 Å². The summed E-state index contributed by atoms with van der Waals surface area (Å²) in [7, 11) is -3.47. The molecule has 146 valence electrons. The number of thiophene rings is 2. The van der Waals surface area contributed by atoms with E-state index in [1.807, 2.05) is 6.07 Å². The Morgan fingerprint density at radius 1 is 1.15 bits per heavy atom. The first kappa shape index (κ1) is 19.1. The zero-order valence-electron chi connectivity index (χ0n) is 14.9. The van der Waals surface area contributed by atoms with E-state index in [2.05, 4.69) is 5.32 Å². The second-order valence-corrected chi connectivity index (χ2v) is 11.2. The fourth-order valence-electron chi connectivity index (χ4n) is 3.36. The summed E-state index contributed by atoms with van der Waals surface area (Å²) >= 11 is 2.80. The zero-order chi connectivity index (χ0) is 18.9. The van der Waals surface area contributed by atoms with Crippen molar-refractivity contribution in [1.82, 2.24) is 9.62 Å². The Labute approximate surface area is 167 Å². The maximum absolute atomic E-state index is 12.7. The van der Waals surface area contributed by atoms with Gasteiger partial charge < -0.3 is 10.1 Å². The van der Waals surface area contributed by atoms with Gasteiger partial charge in [0.25, 0.3) is 15.9 Å². The minimum absolute atomic E-state index is 0.0830. The molecule has 1 amide bonds. The lowest BCUT2D eigenvalue weighted by molar-refractivity contribution is 0.0731. The lowest BCUT2D eigenvalue weighted by Crippen LogP contribution is -2.40. The number of aryl methyl sites for hydroxylation is 2. The molecular formula is C18H22N2O4S3. The molecule has 0 bridgehead atoms. The van der Waals surface area contributed by atoms with Crippen LogP contribution in [0.4, 0.5) is 0 Å². The molecule has 0 saturated carbocycles. The highest BCUT2D eigenvalue weighted by Gasteiger charge is 2.27. The summed E-state index contributed by atoms with van der Waals surface area (Å²) < 4.78 is 32.3. The molecule has 0 aromatic carbocycles. The van der Waals surface area contributed by atoms with Crippen molar-refractivity contribution in [2.45, 2.75) is 36.4 Å². The monoisotopic (exact) mass is 426 g/mol. The molecule has 1 aliphatic carbocycles. The quantitative estimate of drug-likeness (QED) is 0.798. The Balaban J connectivity index is 1.39. The van der Waals surface area contributed by atoms with Crippen LogP contribution in [0.25, 0.3) is 0 Å². The second-order valence-electron chi connectivity index (χ2n) is 6.69. The van der Waals surface area contributed by atoms with E-state index in [4.69, 9.17) is 4.74 Å². The minimum atomic E-state index is -3.47. The molecular weight excluding hydrogens is 404 g/mol. The van der Waals surface area contributed by atoms with Gasteiger partial charge in [-0.3, -0.25) is 4.79 Å². The largest absolute Gasteiger partial charge is 0.379 e. The number of ether oxygens (including phenoxy) is 1. The van der Waals surface area contributed by atoms with Crippen molar-refractivity contribution >= 4 is 38.6 Å². The molecule has 3 heterocycles. The third-order valence-electron chi connectivity index (χ3n) is 4.84. The van der Waals surface area contributed by atoms with Crippen LogP contribution >= 0.6 is 22.7 Å². The molecule has 0 radical (unpaired) electrons.